The third-order valence-corrected chi connectivity index (χ3v) is 2.94. The minimum atomic E-state index is 0.831. The van der Waals surface area contributed by atoms with Gasteiger partial charge >= 0.3 is 0 Å². The lowest BCUT2D eigenvalue weighted by atomic mass is 10.1. The van der Waals surface area contributed by atoms with Gasteiger partial charge in [0.15, 0.2) is 0 Å². The van der Waals surface area contributed by atoms with E-state index >= 15 is 0 Å². The molecule has 4 heteroatoms. The van der Waals surface area contributed by atoms with Gasteiger partial charge in [-0.1, -0.05) is 12.1 Å². The van der Waals surface area contributed by atoms with E-state index in [0.29, 0.717) is 0 Å². The molecule has 0 bridgehead atoms. The molecule has 0 saturated carbocycles. The summed E-state index contributed by atoms with van der Waals surface area (Å²) in [5, 5.41) is 7.49. The molecule has 0 amide bonds. The summed E-state index contributed by atoms with van der Waals surface area (Å²) in [6, 6.07) is 8.06. The Morgan fingerprint density at radius 2 is 2.18 bits per heavy atom. The molecule has 4 nitrogen and oxygen atoms in total. The second-order valence-corrected chi connectivity index (χ2v) is 4.16. The Hall–Kier alpha value is -1.97. The first-order valence-electron chi connectivity index (χ1n) is 5.74. The van der Waals surface area contributed by atoms with Gasteiger partial charge in [-0.25, -0.2) is 0 Å². The largest absolute Gasteiger partial charge is 0.397 e. The average molecular weight is 230 g/mol. The quantitative estimate of drug-likeness (QED) is 0.789. The first-order chi connectivity index (χ1) is 8.18. The summed E-state index contributed by atoms with van der Waals surface area (Å²) in [6.07, 6.45) is 2.75. The van der Waals surface area contributed by atoms with Gasteiger partial charge in [-0.05, 0) is 24.6 Å². The Balaban J connectivity index is 1.95. The van der Waals surface area contributed by atoms with Crippen LogP contribution >= 0.6 is 0 Å². The molecule has 0 aliphatic heterocycles. The van der Waals surface area contributed by atoms with E-state index in [1.54, 1.807) is 0 Å². The Kier molecular flexibility index (Phi) is 3.32. The van der Waals surface area contributed by atoms with Crippen molar-refractivity contribution in [2.24, 2.45) is 7.05 Å². The lowest BCUT2D eigenvalue weighted by molar-refractivity contribution is 0.711. The fourth-order valence-electron chi connectivity index (χ4n) is 1.81. The maximum Gasteiger partial charge on any atom is 0.0579 e. The lowest BCUT2D eigenvalue weighted by Gasteiger charge is -2.11. The van der Waals surface area contributed by atoms with Crippen LogP contribution in [-0.2, 0) is 13.5 Å². The monoisotopic (exact) mass is 230 g/mol. The Morgan fingerprint density at radius 3 is 2.88 bits per heavy atom. The van der Waals surface area contributed by atoms with Crippen LogP contribution in [0.25, 0.3) is 0 Å². The molecule has 1 aromatic carbocycles. The topological polar surface area (TPSA) is 55.9 Å². The van der Waals surface area contributed by atoms with Crippen LogP contribution in [0, 0.1) is 6.92 Å². The lowest BCUT2D eigenvalue weighted by Crippen LogP contribution is -2.09. The molecule has 1 aromatic heterocycles. The number of nitrogens with one attached hydrogen (secondary N) is 1. The molecule has 0 atom stereocenters. The minimum absolute atomic E-state index is 0.831. The number of anilines is 2. The van der Waals surface area contributed by atoms with Gasteiger partial charge in [-0.2, -0.15) is 5.10 Å². The summed E-state index contributed by atoms with van der Waals surface area (Å²) in [5.74, 6) is 0. The number of benzene rings is 1. The summed E-state index contributed by atoms with van der Waals surface area (Å²) in [5.41, 5.74) is 10.1. The van der Waals surface area contributed by atoms with Crippen LogP contribution in [0.1, 0.15) is 11.3 Å². The molecule has 1 heterocycles. The Labute approximate surface area is 101 Å². The van der Waals surface area contributed by atoms with Crippen molar-refractivity contribution in [2.75, 3.05) is 17.6 Å². The summed E-state index contributed by atoms with van der Waals surface area (Å²) in [4.78, 5) is 0. The zero-order valence-corrected chi connectivity index (χ0v) is 10.3. The molecule has 3 N–H and O–H groups in total. The predicted molar refractivity (Wildman–Crippen MR) is 71.0 cm³/mol. The maximum atomic E-state index is 5.99. The number of aryl methyl sites for hydroxylation is 2. The normalized spacial score (nSPS) is 10.5. The molecule has 0 aliphatic rings. The number of rotatable bonds is 4. The zero-order chi connectivity index (χ0) is 12.3. The molecule has 2 rings (SSSR count). The van der Waals surface area contributed by atoms with Crippen molar-refractivity contribution >= 4 is 11.4 Å². The predicted octanol–water partition coefficient (Wildman–Crippen LogP) is 1.97. The van der Waals surface area contributed by atoms with Crippen molar-refractivity contribution in [3.05, 3.63) is 41.7 Å². The molecular formula is C13H18N4. The standard InChI is InChI=1S/C13H18N4/c1-10-4-3-5-12(13(10)14)15-8-6-11-7-9-16-17(11)2/h3-5,7,9,15H,6,8,14H2,1-2H3. The van der Waals surface area contributed by atoms with Gasteiger partial charge < -0.3 is 11.1 Å². The van der Waals surface area contributed by atoms with Crippen LogP contribution < -0.4 is 11.1 Å². The number of nitrogens with zero attached hydrogens (tertiary/aromatic N) is 2. The van der Waals surface area contributed by atoms with Crippen molar-refractivity contribution in [1.82, 2.24) is 9.78 Å². The van der Waals surface area contributed by atoms with Crippen molar-refractivity contribution < 1.29 is 0 Å². The highest BCUT2D eigenvalue weighted by Gasteiger charge is 2.02. The van der Waals surface area contributed by atoms with Crippen molar-refractivity contribution in [3.8, 4) is 0 Å². The summed E-state index contributed by atoms with van der Waals surface area (Å²) in [7, 11) is 1.95. The van der Waals surface area contributed by atoms with Crippen LogP contribution in [-0.4, -0.2) is 16.3 Å². The van der Waals surface area contributed by atoms with Crippen molar-refractivity contribution in [3.63, 3.8) is 0 Å². The molecule has 0 radical (unpaired) electrons. The number of hydrogen-bond acceptors (Lipinski definition) is 3. The smallest absolute Gasteiger partial charge is 0.0579 e. The van der Waals surface area contributed by atoms with Crippen LogP contribution in [0.15, 0.2) is 30.5 Å². The summed E-state index contributed by atoms with van der Waals surface area (Å²) in [6.45, 7) is 2.87. The average Bonchev–Trinajstić information content (AvgIpc) is 2.71. The van der Waals surface area contributed by atoms with E-state index < -0.39 is 0 Å². The minimum Gasteiger partial charge on any atom is -0.397 e. The van der Waals surface area contributed by atoms with E-state index in [1.165, 1.54) is 5.69 Å². The Morgan fingerprint density at radius 1 is 1.35 bits per heavy atom. The van der Waals surface area contributed by atoms with Crippen molar-refractivity contribution in [2.45, 2.75) is 13.3 Å². The summed E-state index contributed by atoms with van der Waals surface area (Å²) >= 11 is 0. The van der Waals surface area contributed by atoms with Crippen LogP contribution in [0.2, 0.25) is 0 Å². The van der Waals surface area contributed by atoms with Crippen LogP contribution in [0.3, 0.4) is 0 Å². The second-order valence-electron chi connectivity index (χ2n) is 4.16. The first-order valence-corrected chi connectivity index (χ1v) is 5.74. The fourth-order valence-corrected chi connectivity index (χ4v) is 1.81. The number of nitrogens with two attached hydrogens (primary N) is 1. The van der Waals surface area contributed by atoms with E-state index in [4.69, 9.17) is 5.73 Å². The van der Waals surface area contributed by atoms with Crippen LogP contribution in [0.5, 0.6) is 0 Å². The molecule has 0 saturated heterocycles. The van der Waals surface area contributed by atoms with Crippen molar-refractivity contribution in [1.29, 1.82) is 0 Å². The molecule has 0 aliphatic carbocycles. The molecule has 0 fully saturated rings. The molecular weight excluding hydrogens is 212 g/mol. The maximum absolute atomic E-state index is 5.99. The van der Waals surface area contributed by atoms with Gasteiger partial charge in [0.2, 0.25) is 0 Å². The SMILES string of the molecule is Cc1cccc(NCCc2ccnn2C)c1N. The Bertz CT molecular complexity index is 502. The fraction of sp³-hybridized carbons (Fsp3) is 0.308. The molecule has 2 aromatic rings. The molecule has 0 spiro atoms. The molecule has 0 unspecified atom stereocenters. The van der Waals surface area contributed by atoms with E-state index in [-0.39, 0.29) is 0 Å². The number of nitrogen functional groups attached to an aromatic ring is 1. The van der Waals surface area contributed by atoms with Crippen LogP contribution in [0.4, 0.5) is 11.4 Å². The number of aromatic nitrogens is 2. The van der Waals surface area contributed by atoms with E-state index in [0.717, 1.165) is 29.9 Å². The second kappa shape index (κ2) is 4.91. The third kappa shape index (κ3) is 2.58. The van der Waals surface area contributed by atoms with Gasteiger partial charge in [0.25, 0.3) is 0 Å². The van der Waals surface area contributed by atoms with Gasteiger partial charge in [0.05, 0.1) is 11.4 Å². The van der Waals surface area contributed by atoms with E-state index in [1.807, 2.05) is 49.1 Å². The van der Waals surface area contributed by atoms with Gasteiger partial charge in [0, 0.05) is 31.9 Å². The summed E-state index contributed by atoms with van der Waals surface area (Å²) < 4.78 is 1.89. The van der Waals surface area contributed by atoms with Gasteiger partial charge in [-0.15, -0.1) is 0 Å². The highest BCUT2D eigenvalue weighted by molar-refractivity contribution is 5.69. The zero-order valence-electron chi connectivity index (χ0n) is 10.3. The van der Waals surface area contributed by atoms with Gasteiger partial charge in [0.1, 0.15) is 0 Å². The van der Waals surface area contributed by atoms with E-state index in [9.17, 15) is 0 Å². The first kappa shape index (κ1) is 11.5. The van der Waals surface area contributed by atoms with Gasteiger partial charge in [-0.3, -0.25) is 4.68 Å². The molecule has 17 heavy (non-hydrogen) atoms. The molecule has 90 valence electrons. The van der Waals surface area contributed by atoms with E-state index in [2.05, 4.69) is 10.4 Å². The highest BCUT2D eigenvalue weighted by atomic mass is 15.3. The number of hydrogen-bond donors (Lipinski definition) is 2. The third-order valence-electron chi connectivity index (χ3n) is 2.94. The highest BCUT2D eigenvalue weighted by Crippen LogP contribution is 2.21. The number of para-hydroxylation sites is 1.